The lowest BCUT2D eigenvalue weighted by Gasteiger charge is -1.84. The fraction of sp³-hybridized carbons (Fsp3) is 0.333. The van der Waals surface area contributed by atoms with E-state index in [4.69, 9.17) is 0 Å². The molecular weight excluding hydrogens is 144 g/mol. The van der Waals surface area contributed by atoms with Crippen molar-refractivity contribution in [3.8, 4) is 11.8 Å². The predicted molar refractivity (Wildman–Crippen MR) is 57.9 cm³/mol. The monoisotopic (exact) mass is 162 g/mol. The van der Waals surface area contributed by atoms with Crippen molar-refractivity contribution in [3.63, 3.8) is 0 Å². The van der Waals surface area contributed by atoms with Gasteiger partial charge in [0.15, 0.2) is 0 Å². The fourth-order valence-electron chi connectivity index (χ4n) is 0.445. The van der Waals surface area contributed by atoms with Crippen LogP contribution < -0.4 is 0 Å². The Morgan fingerprint density at radius 1 is 1.17 bits per heavy atom. The first kappa shape index (κ1) is 13.4. The predicted octanol–water partition coefficient (Wildman–Crippen LogP) is 3.72. The lowest BCUT2D eigenvalue weighted by molar-refractivity contribution is 1.50. The van der Waals surface area contributed by atoms with Crippen molar-refractivity contribution in [1.29, 1.82) is 0 Å². The number of hydrogen-bond donors (Lipinski definition) is 0. The van der Waals surface area contributed by atoms with Crippen LogP contribution in [-0.4, -0.2) is 0 Å². The Morgan fingerprint density at radius 3 is 2.00 bits per heavy atom. The Kier molecular flexibility index (Phi) is 10.9. The van der Waals surface area contributed by atoms with Crippen molar-refractivity contribution >= 4 is 0 Å². The van der Waals surface area contributed by atoms with E-state index in [2.05, 4.69) is 25.0 Å². The highest BCUT2D eigenvalue weighted by atomic mass is 13.8. The lowest BCUT2D eigenvalue weighted by atomic mass is 10.2. The summed E-state index contributed by atoms with van der Waals surface area (Å²) in [6, 6.07) is 0. The molecule has 0 amide bonds. The Balaban J connectivity index is 0. The quantitative estimate of drug-likeness (QED) is 0.429. The van der Waals surface area contributed by atoms with Gasteiger partial charge in [-0.05, 0) is 19.9 Å². The summed E-state index contributed by atoms with van der Waals surface area (Å²) >= 11 is 0. The highest BCUT2D eigenvalue weighted by molar-refractivity contribution is 5.37. The van der Waals surface area contributed by atoms with Crippen molar-refractivity contribution in [2.24, 2.45) is 0 Å². The van der Waals surface area contributed by atoms with Gasteiger partial charge in [0, 0.05) is 5.57 Å². The minimum atomic E-state index is 0.825. The normalized spacial score (nSPS) is 7.67. The Labute approximate surface area is 76.7 Å². The molecule has 66 valence electrons. The number of hydrogen-bond acceptors (Lipinski definition) is 0. The summed E-state index contributed by atoms with van der Waals surface area (Å²) in [5.74, 6) is 5.59. The summed E-state index contributed by atoms with van der Waals surface area (Å²) in [4.78, 5) is 0. The van der Waals surface area contributed by atoms with E-state index >= 15 is 0 Å². The van der Waals surface area contributed by atoms with Gasteiger partial charge in [-0.3, -0.25) is 0 Å². The summed E-state index contributed by atoms with van der Waals surface area (Å²) in [5.41, 5.74) is 1.84. The SMILES string of the molecule is C=C(C)/C=C\C(=C)C#CC.CC. The first-order valence-electron chi connectivity index (χ1n) is 4.12. The van der Waals surface area contributed by atoms with Crippen molar-refractivity contribution in [2.45, 2.75) is 27.7 Å². The van der Waals surface area contributed by atoms with Crippen LogP contribution in [0.5, 0.6) is 0 Å². The molecule has 0 aliphatic rings. The lowest BCUT2D eigenvalue weighted by Crippen LogP contribution is -1.67. The van der Waals surface area contributed by atoms with E-state index in [1.807, 2.05) is 32.9 Å². The first-order chi connectivity index (χ1) is 5.66. The second-order valence-electron chi connectivity index (χ2n) is 2.08. The van der Waals surface area contributed by atoms with Gasteiger partial charge in [-0.25, -0.2) is 0 Å². The van der Waals surface area contributed by atoms with Crippen LogP contribution in [-0.2, 0) is 0 Å². The first-order valence-corrected chi connectivity index (χ1v) is 4.12. The molecule has 0 aliphatic heterocycles. The highest BCUT2D eigenvalue weighted by Crippen LogP contribution is 1.94. The van der Waals surface area contributed by atoms with Crippen LogP contribution in [0.1, 0.15) is 27.7 Å². The Bertz CT molecular complexity index is 218. The van der Waals surface area contributed by atoms with Gasteiger partial charge in [0.2, 0.25) is 0 Å². The summed E-state index contributed by atoms with van der Waals surface area (Å²) in [7, 11) is 0. The van der Waals surface area contributed by atoms with Crippen LogP contribution in [0.15, 0.2) is 36.5 Å². The second-order valence-corrected chi connectivity index (χ2v) is 2.08. The fourth-order valence-corrected chi connectivity index (χ4v) is 0.445. The third-order valence-corrected chi connectivity index (χ3v) is 0.855. The van der Waals surface area contributed by atoms with Crippen LogP contribution in [0.3, 0.4) is 0 Å². The number of rotatable bonds is 2. The molecule has 12 heavy (non-hydrogen) atoms. The minimum Gasteiger partial charge on any atom is -0.101 e. The van der Waals surface area contributed by atoms with Gasteiger partial charge in [-0.1, -0.05) is 44.6 Å². The Hall–Kier alpha value is -1.22. The standard InChI is InChI=1S/C10H12.C2H6/c1-5-6-10(4)8-7-9(2)3;1-2/h7-8H,2,4H2,1,3H3;1-2H3/b8-7-;. The van der Waals surface area contributed by atoms with E-state index in [0.29, 0.717) is 0 Å². The van der Waals surface area contributed by atoms with Gasteiger partial charge in [-0.2, -0.15) is 0 Å². The molecule has 0 radical (unpaired) electrons. The molecule has 0 aromatic rings. The van der Waals surface area contributed by atoms with Gasteiger partial charge in [0.1, 0.15) is 0 Å². The third-order valence-electron chi connectivity index (χ3n) is 0.855. The summed E-state index contributed by atoms with van der Waals surface area (Å²) < 4.78 is 0. The van der Waals surface area contributed by atoms with Gasteiger partial charge < -0.3 is 0 Å². The topological polar surface area (TPSA) is 0 Å². The van der Waals surface area contributed by atoms with Gasteiger partial charge in [0.05, 0.1) is 0 Å². The zero-order valence-corrected chi connectivity index (χ0v) is 8.57. The maximum Gasteiger partial charge on any atom is 0.0173 e. The molecule has 0 heteroatoms. The van der Waals surface area contributed by atoms with E-state index < -0.39 is 0 Å². The van der Waals surface area contributed by atoms with Crippen molar-refractivity contribution in [2.75, 3.05) is 0 Å². The van der Waals surface area contributed by atoms with Crippen LogP contribution >= 0.6 is 0 Å². The van der Waals surface area contributed by atoms with E-state index in [0.717, 1.165) is 11.1 Å². The molecule has 0 fully saturated rings. The zero-order chi connectivity index (χ0) is 9.98. The van der Waals surface area contributed by atoms with Crippen LogP contribution in [0.2, 0.25) is 0 Å². The van der Waals surface area contributed by atoms with E-state index in [-0.39, 0.29) is 0 Å². The van der Waals surface area contributed by atoms with Crippen LogP contribution in [0, 0.1) is 11.8 Å². The van der Waals surface area contributed by atoms with Crippen molar-refractivity contribution in [1.82, 2.24) is 0 Å². The molecular formula is C12H18. The molecule has 0 nitrogen and oxygen atoms in total. The molecule has 0 N–H and O–H groups in total. The van der Waals surface area contributed by atoms with Crippen molar-refractivity contribution in [3.05, 3.63) is 36.5 Å². The molecule has 0 aromatic carbocycles. The average Bonchev–Trinajstić information content (AvgIpc) is 2.05. The second kappa shape index (κ2) is 9.78. The molecule has 0 heterocycles. The summed E-state index contributed by atoms with van der Waals surface area (Å²) in [5, 5.41) is 0. The zero-order valence-electron chi connectivity index (χ0n) is 8.57. The minimum absolute atomic E-state index is 0.825. The number of allylic oxidation sites excluding steroid dienone is 4. The van der Waals surface area contributed by atoms with Gasteiger partial charge in [0.25, 0.3) is 0 Å². The molecule has 0 aromatic heterocycles. The van der Waals surface area contributed by atoms with E-state index in [9.17, 15) is 0 Å². The van der Waals surface area contributed by atoms with Crippen molar-refractivity contribution < 1.29 is 0 Å². The largest absolute Gasteiger partial charge is 0.101 e. The third kappa shape index (κ3) is 11.6. The maximum absolute atomic E-state index is 3.71. The highest BCUT2D eigenvalue weighted by Gasteiger charge is 1.77. The molecule has 0 bridgehead atoms. The smallest absolute Gasteiger partial charge is 0.0173 e. The average molecular weight is 162 g/mol. The molecule has 0 aliphatic carbocycles. The molecule has 0 atom stereocenters. The molecule has 0 saturated heterocycles. The maximum atomic E-state index is 3.71. The van der Waals surface area contributed by atoms with Crippen LogP contribution in [0.25, 0.3) is 0 Å². The van der Waals surface area contributed by atoms with Crippen LogP contribution in [0.4, 0.5) is 0 Å². The van der Waals surface area contributed by atoms with E-state index in [1.165, 1.54) is 0 Å². The molecule has 0 unspecified atom stereocenters. The molecule has 0 saturated carbocycles. The van der Waals surface area contributed by atoms with E-state index in [1.54, 1.807) is 6.92 Å². The molecule has 0 spiro atoms. The summed E-state index contributed by atoms with van der Waals surface area (Å²) in [6.07, 6.45) is 3.76. The van der Waals surface area contributed by atoms with Gasteiger partial charge >= 0.3 is 0 Å². The van der Waals surface area contributed by atoms with Gasteiger partial charge in [-0.15, -0.1) is 5.92 Å². The summed E-state index contributed by atoms with van der Waals surface area (Å²) in [6.45, 7) is 15.2. The molecule has 0 rings (SSSR count). The Morgan fingerprint density at radius 2 is 1.67 bits per heavy atom.